The minimum absolute atomic E-state index is 0.181. The molecule has 1 atom stereocenters. The second kappa shape index (κ2) is 10.8. The number of halogens is 3. The van der Waals surface area contributed by atoms with E-state index in [4.69, 9.17) is 4.98 Å². The van der Waals surface area contributed by atoms with Gasteiger partial charge in [0.1, 0.15) is 5.75 Å². The third-order valence-corrected chi connectivity index (χ3v) is 6.76. The van der Waals surface area contributed by atoms with Gasteiger partial charge in [0.2, 0.25) is 0 Å². The summed E-state index contributed by atoms with van der Waals surface area (Å²) < 4.78 is 48.4. The highest BCUT2D eigenvalue weighted by atomic mass is 32.2. The van der Waals surface area contributed by atoms with Gasteiger partial charge in [-0.3, -0.25) is 9.71 Å². The lowest BCUT2D eigenvalue weighted by molar-refractivity contribution is -0.274. The minimum Gasteiger partial charge on any atom is -0.406 e. The number of nitrogens with one attached hydrogen (secondary N) is 3. The maximum Gasteiger partial charge on any atom is 0.573 e. The number of anilines is 1. The number of H-pyrrole nitrogens is 1. The van der Waals surface area contributed by atoms with E-state index < -0.39 is 12.4 Å². The molecule has 200 valence electrons. The Kier molecular flexibility index (Phi) is 7.29. The van der Waals surface area contributed by atoms with Crippen LogP contribution in [0.3, 0.4) is 0 Å². The van der Waals surface area contributed by atoms with Gasteiger partial charge >= 0.3 is 12.4 Å². The molecule has 2 amide bonds. The summed E-state index contributed by atoms with van der Waals surface area (Å²) in [4.78, 5) is 24.6. The van der Waals surface area contributed by atoms with Crippen LogP contribution in [0.5, 0.6) is 5.75 Å². The lowest BCUT2D eigenvalue weighted by Gasteiger charge is -2.24. The van der Waals surface area contributed by atoms with Crippen molar-refractivity contribution in [3.05, 3.63) is 94.7 Å². The first kappa shape index (κ1) is 26.3. The molecule has 2 aromatic carbocycles. The number of imidazole rings is 1. The van der Waals surface area contributed by atoms with Gasteiger partial charge in [-0.15, -0.1) is 13.2 Å². The predicted molar refractivity (Wildman–Crippen MR) is 144 cm³/mol. The standard InChI is InChI=1S/C27H23F3N6O2S/c1-15-4-3-5-16(2)23(15)35-26(37)36-39-33-13-18-8-11-20-22(34-18)12-21(25-24(20)31-14-32-25)17-6-9-19(10-7-17)38-27(28,29)30/h3-11,13-14,21H,12H2,1-2H3,(H,31,32)(H2,35,36,37)/b33-13+. The number of urea groups is 1. The van der Waals surface area contributed by atoms with Gasteiger partial charge in [-0.25, -0.2) is 14.2 Å². The van der Waals surface area contributed by atoms with Crippen LogP contribution in [-0.4, -0.2) is 33.6 Å². The summed E-state index contributed by atoms with van der Waals surface area (Å²) in [5, 5.41) is 2.83. The smallest absolute Gasteiger partial charge is 0.406 e. The summed E-state index contributed by atoms with van der Waals surface area (Å²) >= 11 is 0.875. The zero-order chi connectivity index (χ0) is 27.6. The summed E-state index contributed by atoms with van der Waals surface area (Å²) in [6.07, 6.45) is -1.10. The van der Waals surface area contributed by atoms with Crippen LogP contribution in [0.4, 0.5) is 23.7 Å². The van der Waals surface area contributed by atoms with Gasteiger partial charge in [-0.1, -0.05) is 30.3 Å². The number of rotatable bonds is 6. The van der Waals surface area contributed by atoms with Gasteiger partial charge in [-0.2, -0.15) is 0 Å². The number of hydrogen-bond acceptors (Lipinski definition) is 6. The van der Waals surface area contributed by atoms with E-state index in [1.165, 1.54) is 12.1 Å². The second-order valence-electron chi connectivity index (χ2n) is 8.92. The van der Waals surface area contributed by atoms with E-state index in [9.17, 15) is 18.0 Å². The molecule has 39 heavy (non-hydrogen) atoms. The lowest BCUT2D eigenvalue weighted by Crippen LogP contribution is -2.23. The van der Waals surface area contributed by atoms with Gasteiger partial charge in [0.25, 0.3) is 0 Å². The third-order valence-electron chi connectivity index (χ3n) is 6.28. The lowest BCUT2D eigenvalue weighted by atomic mass is 9.83. The molecule has 3 N–H and O–H groups in total. The van der Waals surface area contributed by atoms with Gasteiger partial charge < -0.3 is 15.0 Å². The van der Waals surface area contributed by atoms with E-state index in [1.54, 1.807) is 24.7 Å². The van der Waals surface area contributed by atoms with Crippen LogP contribution < -0.4 is 14.8 Å². The highest BCUT2D eigenvalue weighted by molar-refractivity contribution is 7.96. The summed E-state index contributed by atoms with van der Waals surface area (Å²) in [6, 6.07) is 14.9. The molecule has 0 saturated carbocycles. The molecule has 0 radical (unpaired) electrons. The van der Waals surface area contributed by atoms with Gasteiger partial charge in [0.15, 0.2) is 0 Å². The van der Waals surface area contributed by atoms with Crippen molar-refractivity contribution in [3.8, 4) is 17.0 Å². The number of fused-ring (bicyclic) bond motifs is 3. The molecule has 0 bridgehead atoms. The molecule has 12 heteroatoms. The van der Waals surface area contributed by atoms with E-state index in [2.05, 4.69) is 29.1 Å². The average Bonchev–Trinajstić information content (AvgIpc) is 3.38. The topological polar surface area (TPSA) is 104 Å². The Bertz CT molecular complexity index is 1520. The Morgan fingerprint density at radius 3 is 2.59 bits per heavy atom. The van der Waals surface area contributed by atoms with Gasteiger partial charge in [-0.05, 0) is 54.8 Å². The number of carbonyl (C=O) groups excluding carboxylic acids is 1. The van der Waals surface area contributed by atoms with Crippen LogP contribution in [-0.2, 0) is 6.42 Å². The molecule has 4 aromatic rings. The summed E-state index contributed by atoms with van der Waals surface area (Å²) in [5.74, 6) is -0.461. The SMILES string of the molecule is Cc1cccc(C)c1NC(=O)NS/N=C/c1ccc2c(n1)CC(c1ccc(OC(F)(F)F)cc1)c1[nH]cnc1-2. The van der Waals surface area contributed by atoms with Crippen LogP contribution >= 0.6 is 12.1 Å². The molecule has 1 aliphatic carbocycles. The average molecular weight is 553 g/mol. The number of pyridine rings is 1. The Hall–Kier alpha value is -4.32. The van der Waals surface area contributed by atoms with E-state index in [1.807, 2.05) is 44.2 Å². The number of aromatic nitrogens is 3. The molecule has 1 aliphatic rings. The fourth-order valence-corrected chi connectivity index (χ4v) is 4.87. The van der Waals surface area contributed by atoms with Gasteiger partial charge in [0, 0.05) is 23.6 Å². The molecular formula is C27H23F3N6O2S. The maximum atomic E-state index is 12.5. The van der Waals surface area contributed by atoms with Crippen molar-refractivity contribution in [3.63, 3.8) is 0 Å². The zero-order valence-electron chi connectivity index (χ0n) is 20.8. The van der Waals surface area contributed by atoms with Crippen molar-refractivity contribution in [2.75, 3.05) is 5.32 Å². The predicted octanol–water partition coefficient (Wildman–Crippen LogP) is 6.48. The van der Waals surface area contributed by atoms with Crippen molar-refractivity contribution in [1.29, 1.82) is 0 Å². The monoisotopic (exact) mass is 552 g/mol. The number of ether oxygens (including phenoxy) is 1. The Labute approximate surface area is 226 Å². The highest BCUT2D eigenvalue weighted by Gasteiger charge is 2.32. The van der Waals surface area contributed by atoms with E-state index >= 15 is 0 Å². The molecule has 2 aromatic heterocycles. The highest BCUT2D eigenvalue weighted by Crippen LogP contribution is 2.40. The first-order chi connectivity index (χ1) is 18.7. The fourth-order valence-electron chi connectivity index (χ4n) is 4.53. The van der Waals surface area contributed by atoms with Crippen molar-refractivity contribution in [2.45, 2.75) is 32.5 Å². The summed E-state index contributed by atoms with van der Waals surface area (Å²) in [5.41, 5.74) is 7.32. The molecule has 0 spiro atoms. The van der Waals surface area contributed by atoms with E-state index in [0.717, 1.165) is 57.2 Å². The van der Waals surface area contributed by atoms with Crippen molar-refractivity contribution in [2.24, 2.45) is 4.40 Å². The zero-order valence-corrected chi connectivity index (χ0v) is 21.7. The number of aryl methyl sites for hydroxylation is 2. The van der Waals surface area contributed by atoms with Crippen LogP contribution in [0.15, 0.2) is 65.3 Å². The normalized spacial score (nSPS) is 14.5. The van der Waals surface area contributed by atoms with E-state index in [0.29, 0.717) is 12.1 Å². The molecule has 0 aliphatic heterocycles. The Balaban J connectivity index is 1.27. The molecule has 8 nitrogen and oxygen atoms in total. The number of hydrogen-bond donors (Lipinski definition) is 3. The van der Waals surface area contributed by atoms with Crippen LogP contribution in [0.2, 0.25) is 0 Å². The Morgan fingerprint density at radius 2 is 1.87 bits per heavy atom. The number of aromatic amines is 1. The van der Waals surface area contributed by atoms with Crippen LogP contribution in [0.25, 0.3) is 11.3 Å². The molecule has 0 saturated heterocycles. The number of carbonyl (C=O) groups is 1. The molecule has 1 unspecified atom stereocenters. The number of amides is 2. The van der Waals surface area contributed by atoms with Gasteiger partial charge in [0.05, 0.1) is 47.5 Å². The molecule has 2 heterocycles. The minimum atomic E-state index is -4.75. The maximum absolute atomic E-state index is 12.5. The van der Waals surface area contributed by atoms with E-state index in [-0.39, 0.29) is 11.7 Å². The first-order valence-electron chi connectivity index (χ1n) is 11.9. The number of nitrogens with zero attached hydrogens (tertiary/aromatic N) is 3. The van der Waals surface area contributed by atoms with Crippen LogP contribution in [0.1, 0.15) is 39.7 Å². The molecular weight excluding hydrogens is 529 g/mol. The first-order valence-corrected chi connectivity index (χ1v) is 12.7. The largest absolute Gasteiger partial charge is 0.573 e. The number of alkyl halides is 3. The van der Waals surface area contributed by atoms with Crippen LogP contribution in [0, 0.1) is 13.8 Å². The number of para-hydroxylation sites is 1. The van der Waals surface area contributed by atoms with Crippen molar-refractivity contribution < 1.29 is 22.7 Å². The Morgan fingerprint density at radius 1 is 1.13 bits per heavy atom. The second-order valence-corrected chi connectivity index (χ2v) is 9.52. The molecule has 5 rings (SSSR count). The van der Waals surface area contributed by atoms with Crippen molar-refractivity contribution in [1.82, 2.24) is 19.7 Å². The third kappa shape index (κ3) is 6.06. The quantitative estimate of drug-likeness (QED) is 0.188. The van der Waals surface area contributed by atoms with Crippen molar-refractivity contribution >= 4 is 30.1 Å². The summed E-state index contributed by atoms with van der Waals surface area (Å²) in [6.45, 7) is 3.84. The summed E-state index contributed by atoms with van der Waals surface area (Å²) in [7, 11) is 0. The molecule has 0 fully saturated rings. The number of benzene rings is 2. The fraction of sp³-hybridized carbons (Fsp3) is 0.185.